The Balaban J connectivity index is 1.85. The number of amides is 1. The van der Waals surface area contributed by atoms with Gasteiger partial charge in [0.2, 0.25) is 5.91 Å². The zero-order chi connectivity index (χ0) is 22.9. The van der Waals surface area contributed by atoms with Crippen molar-refractivity contribution >= 4 is 17.4 Å². The molecule has 1 aromatic carbocycles. The van der Waals surface area contributed by atoms with Gasteiger partial charge in [0.1, 0.15) is 5.82 Å². The van der Waals surface area contributed by atoms with Gasteiger partial charge in [0.25, 0.3) is 5.56 Å². The Kier molecular flexibility index (Phi) is 6.28. The highest BCUT2D eigenvalue weighted by Crippen LogP contribution is 2.49. The fraction of sp³-hybridized carbons (Fsp3) is 0.476. The zero-order valence-corrected chi connectivity index (χ0v) is 17.3. The molecule has 1 aliphatic rings. The van der Waals surface area contributed by atoms with Crippen LogP contribution < -0.4 is 21.9 Å². The molecule has 2 aromatic rings. The number of anilines is 2. The molecule has 3 N–H and O–H groups in total. The van der Waals surface area contributed by atoms with E-state index >= 15 is 0 Å². The summed E-state index contributed by atoms with van der Waals surface area (Å²) in [5, 5.41) is 0. The number of halogens is 3. The average Bonchev–Trinajstić information content (AvgIpc) is 3.51. The molecule has 0 bridgehead atoms. The highest BCUT2D eigenvalue weighted by Gasteiger charge is 2.46. The topological polar surface area (TPSA) is 101 Å². The van der Waals surface area contributed by atoms with E-state index in [-0.39, 0.29) is 29.9 Å². The number of nitrogens with zero attached hydrogens (tertiary/aromatic N) is 2. The minimum atomic E-state index is -4.42. The van der Waals surface area contributed by atoms with Crippen molar-refractivity contribution in [2.24, 2.45) is 5.92 Å². The number of nitrogens with two attached hydrogens (primary N) is 1. The number of H-pyrrole nitrogens is 1. The molecule has 7 nitrogen and oxygen atoms in total. The van der Waals surface area contributed by atoms with Crippen LogP contribution in [0, 0.1) is 5.92 Å². The van der Waals surface area contributed by atoms with Crippen molar-refractivity contribution in [2.45, 2.75) is 51.7 Å². The Bertz CT molecular complexity index is 1070. The smallest absolute Gasteiger partial charge is 0.383 e. The van der Waals surface area contributed by atoms with E-state index in [1.165, 1.54) is 21.6 Å². The second kappa shape index (κ2) is 8.60. The zero-order valence-electron chi connectivity index (χ0n) is 17.3. The predicted octanol–water partition coefficient (Wildman–Crippen LogP) is 3.09. The quantitative estimate of drug-likeness (QED) is 0.694. The predicted molar refractivity (Wildman–Crippen MR) is 111 cm³/mol. The Morgan fingerprint density at radius 2 is 1.87 bits per heavy atom. The molecule has 2 unspecified atom stereocenters. The SMILES string of the molecule is CCCCn1c(N)c(N(CC)C(=O)C2CC2c2ccc(C(F)(F)F)cc2)c(=O)[nH]c1=O. The summed E-state index contributed by atoms with van der Waals surface area (Å²) < 4.78 is 39.5. The van der Waals surface area contributed by atoms with E-state index in [4.69, 9.17) is 5.73 Å². The highest BCUT2D eigenvalue weighted by atomic mass is 19.4. The van der Waals surface area contributed by atoms with Gasteiger partial charge >= 0.3 is 11.9 Å². The summed E-state index contributed by atoms with van der Waals surface area (Å²) in [7, 11) is 0. The molecule has 10 heteroatoms. The molecule has 1 heterocycles. The minimum absolute atomic E-state index is 0.0656. The fourth-order valence-corrected chi connectivity index (χ4v) is 3.76. The van der Waals surface area contributed by atoms with Crippen LogP contribution in [0.3, 0.4) is 0 Å². The Labute approximate surface area is 176 Å². The monoisotopic (exact) mass is 438 g/mol. The number of hydrogen-bond donors (Lipinski definition) is 2. The molecule has 0 radical (unpaired) electrons. The fourth-order valence-electron chi connectivity index (χ4n) is 3.76. The summed E-state index contributed by atoms with van der Waals surface area (Å²) in [6.45, 7) is 4.11. The molecule has 168 valence electrons. The van der Waals surface area contributed by atoms with Crippen molar-refractivity contribution in [1.82, 2.24) is 9.55 Å². The van der Waals surface area contributed by atoms with Gasteiger partial charge in [0, 0.05) is 19.0 Å². The average molecular weight is 438 g/mol. The van der Waals surface area contributed by atoms with Crippen LogP contribution in [0.5, 0.6) is 0 Å². The third-order valence-corrected chi connectivity index (χ3v) is 5.58. The van der Waals surface area contributed by atoms with Crippen LogP contribution in [0.25, 0.3) is 0 Å². The van der Waals surface area contributed by atoms with Gasteiger partial charge < -0.3 is 10.6 Å². The third-order valence-electron chi connectivity index (χ3n) is 5.58. The molecule has 31 heavy (non-hydrogen) atoms. The summed E-state index contributed by atoms with van der Waals surface area (Å²) >= 11 is 0. The maximum atomic E-state index is 13.1. The molecule has 1 fully saturated rings. The van der Waals surface area contributed by atoms with E-state index in [1.54, 1.807) is 6.92 Å². The molecule has 0 saturated heterocycles. The second-order valence-electron chi connectivity index (χ2n) is 7.65. The lowest BCUT2D eigenvalue weighted by Gasteiger charge is -2.23. The van der Waals surface area contributed by atoms with Crippen LogP contribution in [0.15, 0.2) is 33.9 Å². The van der Waals surface area contributed by atoms with Gasteiger partial charge in [-0.05, 0) is 43.4 Å². The summed E-state index contributed by atoms with van der Waals surface area (Å²) in [5.41, 5.74) is 4.56. The van der Waals surface area contributed by atoms with Gasteiger partial charge in [0.05, 0.1) is 5.56 Å². The first kappa shape index (κ1) is 22.6. The number of benzene rings is 1. The van der Waals surface area contributed by atoms with Crippen LogP contribution in [0.2, 0.25) is 0 Å². The number of carbonyl (C=O) groups excluding carboxylic acids is 1. The summed E-state index contributed by atoms with van der Waals surface area (Å²) in [5.74, 6) is -1.10. The van der Waals surface area contributed by atoms with E-state index in [9.17, 15) is 27.6 Å². The summed E-state index contributed by atoms with van der Waals surface area (Å²) in [6, 6.07) is 4.75. The highest BCUT2D eigenvalue weighted by molar-refractivity contribution is 5.99. The number of aromatic amines is 1. The van der Waals surface area contributed by atoms with Crippen molar-refractivity contribution in [3.63, 3.8) is 0 Å². The lowest BCUT2D eigenvalue weighted by atomic mass is 10.1. The van der Waals surface area contributed by atoms with Crippen LogP contribution in [0.4, 0.5) is 24.7 Å². The molecule has 1 amide bonds. The third kappa shape index (κ3) is 4.52. The number of hydrogen-bond acceptors (Lipinski definition) is 4. The maximum Gasteiger partial charge on any atom is 0.416 e. The molecule has 3 rings (SSSR count). The van der Waals surface area contributed by atoms with Crippen molar-refractivity contribution in [2.75, 3.05) is 17.2 Å². The number of unbranched alkanes of at least 4 members (excludes halogenated alkanes) is 1. The molecule has 1 saturated carbocycles. The summed E-state index contributed by atoms with van der Waals surface area (Å²) in [6.07, 6.45) is -2.47. The lowest BCUT2D eigenvalue weighted by molar-refractivity contribution is -0.137. The van der Waals surface area contributed by atoms with Crippen molar-refractivity contribution in [3.8, 4) is 0 Å². The molecule has 2 atom stereocenters. The van der Waals surface area contributed by atoms with E-state index in [2.05, 4.69) is 4.98 Å². The number of nitrogen functional groups attached to an aromatic ring is 1. The molecule has 1 aliphatic carbocycles. The Morgan fingerprint density at radius 1 is 1.23 bits per heavy atom. The number of carbonyl (C=O) groups is 1. The van der Waals surface area contributed by atoms with Gasteiger partial charge in [-0.25, -0.2) is 4.79 Å². The largest absolute Gasteiger partial charge is 0.416 e. The normalized spacial score (nSPS) is 18.1. The molecule has 0 spiro atoms. The first-order valence-electron chi connectivity index (χ1n) is 10.2. The van der Waals surface area contributed by atoms with Crippen LogP contribution in [-0.4, -0.2) is 22.0 Å². The lowest BCUT2D eigenvalue weighted by Crippen LogP contribution is -2.41. The molecule has 1 aromatic heterocycles. The standard InChI is InChI=1S/C21H25F3N4O3/c1-3-5-10-28-17(25)16(18(29)26-20(28)31)27(4-2)19(30)15-11-14(15)12-6-8-13(9-7-12)21(22,23)24/h6-9,14-15H,3-5,10-11,25H2,1-2H3,(H,26,29,31). The first-order chi connectivity index (χ1) is 14.6. The van der Waals surface area contributed by atoms with Crippen LogP contribution in [0.1, 0.15) is 50.2 Å². The van der Waals surface area contributed by atoms with E-state index in [1.807, 2.05) is 6.92 Å². The van der Waals surface area contributed by atoms with Gasteiger partial charge in [-0.1, -0.05) is 25.5 Å². The van der Waals surface area contributed by atoms with Crippen molar-refractivity contribution in [1.29, 1.82) is 0 Å². The maximum absolute atomic E-state index is 13.1. The van der Waals surface area contributed by atoms with Crippen molar-refractivity contribution in [3.05, 3.63) is 56.2 Å². The molecule has 0 aliphatic heterocycles. The number of alkyl halides is 3. The number of rotatable bonds is 7. The van der Waals surface area contributed by atoms with Gasteiger partial charge in [-0.3, -0.25) is 19.1 Å². The Morgan fingerprint density at radius 3 is 2.42 bits per heavy atom. The Hall–Kier alpha value is -3.04. The second-order valence-corrected chi connectivity index (χ2v) is 7.65. The molecular formula is C21H25F3N4O3. The molecular weight excluding hydrogens is 413 g/mol. The van der Waals surface area contributed by atoms with E-state index in [0.717, 1.165) is 18.6 Å². The summed E-state index contributed by atoms with van der Waals surface area (Å²) in [4.78, 5) is 41.2. The van der Waals surface area contributed by atoms with Gasteiger partial charge in [-0.2, -0.15) is 13.2 Å². The number of aromatic nitrogens is 2. The van der Waals surface area contributed by atoms with Crippen LogP contribution >= 0.6 is 0 Å². The number of nitrogens with one attached hydrogen (secondary N) is 1. The van der Waals surface area contributed by atoms with E-state index in [0.29, 0.717) is 24.9 Å². The van der Waals surface area contributed by atoms with E-state index < -0.39 is 28.9 Å². The van der Waals surface area contributed by atoms with Gasteiger partial charge in [0.15, 0.2) is 5.69 Å². The first-order valence-corrected chi connectivity index (χ1v) is 10.2. The van der Waals surface area contributed by atoms with Crippen LogP contribution in [-0.2, 0) is 17.5 Å². The minimum Gasteiger partial charge on any atom is -0.383 e. The van der Waals surface area contributed by atoms with Crippen molar-refractivity contribution < 1.29 is 18.0 Å². The van der Waals surface area contributed by atoms with Gasteiger partial charge in [-0.15, -0.1) is 0 Å².